The molecule has 0 spiro atoms. The minimum absolute atomic E-state index is 0.0532. The summed E-state index contributed by atoms with van der Waals surface area (Å²) in [6.45, 7) is 3.78. The van der Waals surface area contributed by atoms with E-state index >= 15 is 0 Å². The van der Waals surface area contributed by atoms with E-state index in [1.165, 1.54) is 257 Å². The molecule has 9 nitrogen and oxygen atoms in total. The van der Waals surface area contributed by atoms with Crippen LogP contribution in [0.3, 0.4) is 0 Å². The van der Waals surface area contributed by atoms with Gasteiger partial charge in [-0.3, -0.25) is 18.6 Å². The lowest BCUT2D eigenvalue weighted by Gasteiger charge is -2.19. The molecular formula is C69H130NO8P. The first-order chi connectivity index (χ1) is 38.8. The summed E-state index contributed by atoms with van der Waals surface area (Å²) in [5.41, 5.74) is 5.40. The molecule has 3 N–H and O–H groups in total. The third kappa shape index (κ3) is 65.0. The molecule has 0 saturated carbocycles. The summed E-state index contributed by atoms with van der Waals surface area (Å²) in [4.78, 5) is 35.3. The first-order valence-corrected chi connectivity index (χ1v) is 35.6. The van der Waals surface area contributed by atoms with Gasteiger partial charge in [0.1, 0.15) is 6.61 Å². The SMILES string of the molecule is CCCCCCC/C=C\C/C=C\C/C=C\CCCCCCCCCCCCC(=O)OC(COC(=O)CCCCCCCCCCCCCCCCCCCCCCC/C=C\CCCCCCCCCC)COP(=O)(O)OCCN. The average molecular weight is 1130 g/mol. The highest BCUT2D eigenvalue weighted by atomic mass is 31.2. The van der Waals surface area contributed by atoms with E-state index in [1.54, 1.807) is 0 Å². The summed E-state index contributed by atoms with van der Waals surface area (Å²) in [6, 6.07) is 0. The fourth-order valence-corrected chi connectivity index (χ4v) is 10.9. The van der Waals surface area contributed by atoms with Crippen LogP contribution in [-0.4, -0.2) is 49.3 Å². The van der Waals surface area contributed by atoms with Crippen LogP contribution in [0.1, 0.15) is 348 Å². The summed E-state index contributed by atoms with van der Waals surface area (Å²) in [5.74, 6) is -0.816. The van der Waals surface area contributed by atoms with E-state index in [2.05, 4.69) is 62.5 Å². The van der Waals surface area contributed by atoms with Gasteiger partial charge in [0.05, 0.1) is 13.2 Å². The zero-order valence-electron chi connectivity index (χ0n) is 52.1. The Morgan fingerprint density at radius 2 is 0.658 bits per heavy atom. The molecule has 464 valence electrons. The monoisotopic (exact) mass is 1130 g/mol. The molecule has 0 aliphatic heterocycles. The number of ether oxygens (including phenoxy) is 2. The lowest BCUT2D eigenvalue weighted by atomic mass is 10.0. The summed E-state index contributed by atoms with van der Waals surface area (Å²) in [7, 11) is -4.39. The molecule has 0 heterocycles. The quantitative estimate of drug-likeness (QED) is 0.0264. The third-order valence-corrected chi connectivity index (χ3v) is 16.2. The number of carbonyl (C=O) groups excluding carboxylic acids is 2. The number of hydrogen-bond donors (Lipinski definition) is 2. The minimum atomic E-state index is -4.39. The Morgan fingerprint density at radius 3 is 0.987 bits per heavy atom. The van der Waals surface area contributed by atoms with Crippen molar-refractivity contribution in [1.82, 2.24) is 0 Å². The van der Waals surface area contributed by atoms with Crippen LogP contribution >= 0.6 is 7.82 Å². The van der Waals surface area contributed by atoms with Crippen molar-refractivity contribution in [2.45, 2.75) is 354 Å². The molecule has 0 saturated heterocycles. The van der Waals surface area contributed by atoms with Crippen LogP contribution in [0.2, 0.25) is 0 Å². The van der Waals surface area contributed by atoms with E-state index in [0.29, 0.717) is 6.42 Å². The zero-order chi connectivity index (χ0) is 57.3. The number of esters is 2. The molecule has 10 heteroatoms. The average Bonchev–Trinajstić information content (AvgIpc) is 3.44. The molecule has 0 fully saturated rings. The second-order valence-electron chi connectivity index (χ2n) is 23.0. The van der Waals surface area contributed by atoms with Crippen LogP contribution in [0.4, 0.5) is 0 Å². The molecule has 0 aromatic heterocycles. The van der Waals surface area contributed by atoms with Crippen LogP contribution in [0.5, 0.6) is 0 Å². The largest absolute Gasteiger partial charge is 0.472 e. The van der Waals surface area contributed by atoms with Crippen molar-refractivity contribution in [3.8, 4) is 0 Å². The standard InChI is InChI=1S/C69H130NO8P/c1-3-5-7-9-11-13-15-17-19-21-23-25-27-29-30-31-32-33-34-35-36-38-39-41-43-45-47-49-51-53-55-57-59-61-68(71)75-65-67(66-77-79(73,74)76-64-63-70)78-69(72)62-60-58-56-54-52-50-48-46-44-42-40-37-28-26-24-22-20-18-16-14-12-10-8-6-4-2/h16,18,21-24,28,37,67H,3-15,17,19-20,25-27,29-36,38-66,70H2,1-2H3,(H,73,74)/b18-16-,23-21-,24-22-,37-28-. The summed E-state index contributed by atoms with van der Waals surface area (Å²) in [5, 5.41) is 0. The highest BCUT2D eigenvalue weighted by molar-refractivity contribution is 7.47. The highest BCUT2D eigenvalue weighted by Gasteiger charge is 2.26. The summed E-state index contributed by atoms with van der Waals surface area (Å²) < 4.78 is 33.2. The topological polar surface area (TPSA) is 134 Å². The molecule has 0 aliphatic rings. The van der Waals surface area contributed by atoms with Crippen LogP contribution < -0.4 is 5.73 Å². The number of allylic oxidation sites excluding steroid dienone is 8. The molecule has 0 radical (unpaired) electrons. The Hall–Kier alpha value is -2.03. The van der Waals surface area contributed by atoms with Crippen molar-refractivity contribution in [2.24, 2.45) is 5.73 Å². The predicted octanol–water partition coefficient (Wildman–Crippen LogP) is 22.1. The summed E-state index contributed by atoms with van der Waals surface area (Å²) in [6.07, 6.45) is 82.0. The van der Waals surface area contributed by atoms with Gasteiger partial charge in [-0.15, -0.1) is 0 Å². The van der Waals surface area contributed by atoms with Gasteiger partial charge in [0, 0.05) is 19.4 Å². The zero-order valence-corrected chi connectivity index (χ0v) is 53.0. The van der Waals surface area contributed by atoms with Gasteiger partial charge in [-0.25, -0.2) is 4.57 Å². The smallest absolute Gasteiger partial charge is 0.462 e. The Balaban J connectivity index is 3.85. The number of unbranched alkanes of at least 4 members (excludes halogenated alkanes) is 44. The fourth-order valence-electron chi connectivity index (χ4n) is 10.1. The molecular weight excluding hydrogens is 1000 g/mol. The van der Waals surface area contributed by atoms with Crippen molar-refractivity contribution >= 4 is 19.8 Å². The molecule has 2 unspecified atom stereocenters. The molecule has 0 aromatic carbocycles. The molecule has 0 bridgehead atoms. The number of carbonyl (C=O) groups is 2. The number of nitrogens with two attached hydrogens (primary N) is 1. The first kappa shape index (κ1) is 77.0. The molecule has 0 aliphatic carbocycles. The molecule has 79 heavy (non-hydrogen) atoms. The van der Waals surface area contributed by atoms with Crippen molar-refractivity contribution in [2.75, 3.05) is 26.4 Å². The maximum absolute atomic E-state index is 12.7. The predicted molar refractivity (Wildman–Crippen MR) is 340 cm³/mol. The van der Waals surface area contributed by atoms with Crippen molar-refractivity contribution in [3.05, 3.63) is 48.6 Å². The van der Waals surface area contributed by atoms with E-state index in [4.69, 9.17) is 24.3 Å². The Kier molecular flexibility index (Phi) is 63.5. The van der Waals surface area contributed by atoms with Gasteiger partial charge in [0.25, 0.3) is 0 Å². The number of phosphoric ester groups is 1. The van der Waals surface area contributed by atoms with E-state index in [-0.39, 0.29) is 38.6 Å². The second kappa shape index (κ2) is 65.1. The first-order valence-electron chi connectivity index (χ1n) is 34.1. The van der Waals surface area contributed by atoms with Crippen LogP contribution in [0.25, 0.3) is 0 Å². The van der Waals surface area contributed by atoms with E-state index in [0.717, 1.165) is 57.8 Å². The number of phosphoric acid groups is 1. The van der Waals surface area contributed by atoms with Gasteiger partial charge in [-0.1, -0.05) is 306 Å². The molecule has 2 atom stereocenters. The van der Waals surface area contributed by atoms with Crippen LogP contribution in [0, 0.1) is 0 Å². The van der Waals surface area contributed by atoms with Gasteiger partial charge in [-0.2, -0.15) is 0 Å². The van der Waals surface area contributed by atoms with Gasteiger partial charge < -0.3 is 20.1 Å². The highest BCUT2D eigenvalue weighted by Crippen LogP contribution is 2.43. The van der Waals surface area contributed by atoms with Gasteiger partial charge >= 0.3 is 19.8 Å². The number of hydrogen-bond acceptors (Lipinski definition) is 8. The molecule has 0 amide bonds. The van der Waals surface area contributed by atoms with E-state index < -0.39 is 26.5 Å². The minimum Gasteiger partial charge on any atom is -0.462 e. The maximum Gasteiger partial charge on any atom is 0.472 e. The lowest BCUT2D eigenvalue weighted by Crippen LogP contribution is -2.29. The second-order valence-corrected chi connectivity index (χ2v) is 24.5. The van der Waals surface area contributed by atoms with Crippen molar-refractivity contribution in [3.63, 3.8) is 0 Å². The fraction of sp³-hybridized carbons (Fsp3) is 0.855. The van der Waals surface area contributed by atoms with Crippen molar-refractivity contribution in [1.29, 1.82) is 0 Å². The summed E-state index contributed by atoms with van der Waals surface area (Å²) >= 11 is 0. The Labute approximate surface area is 489 Å². The van der Waals surface area contributed by atoms with Crippen molar-refractivity contribution < 1.29 is 37.6 Å². The lowest BCUT2D eigenvalue weighted by molar-refractivity contribution is -0.161. The molecule has 0 aromatic rings. The van der Waals surface area contributed by atoms with E-state index in [1.807, 2.05) is 0 Å². The Bertz CT molecular complexity index is 1430. The van der Waals surface area contributed by atoms with Gasteiger partial charge in [0.2, 0.25) is 0 Å². The van der Waals surface area contributed by atoms with Gasteiger partial charge in [0.15, 0.2) is 6.10 Å². The van der Waals surface area contributed by atoms with Crippen LogP contribution in [-0.2, 0) is 32.7 Å². The Morgan fingerprint density at radius 1 is 0.380 bits per heavy atom. The van der Waals surface area contributed by atoms with Gasteiger partial charge in [-0.05, 0) is 77.0 Å². The maximum atomic E-state index is 12.7. The third-order valence-electron chi connectivity index (χ3n) is 15.2. The number of rotatable bonds is 65. The molecule has 0 rings (SSSR count). The van der Waals surface area contributed by atoms with Crippen LogP contribution in [0.15, 0.2) is 48.6 Å². The normalized spacial score (nSPS) is 13.2. The van der Waals surface area contributed by atoms with E-state index in [9.17, 15) is 19.0 Å².